The summed E-state index contributed by atoms with van der Waals surface area (Å²) < 4.78 is 9.26. The summed E-state index contributed by atoms with van der Waals surface area (Å²) in [5.74, 6) is 1.56. The van der Waals surface area contributed by atoms with Crippen molar-refractivity contribution in [2.24, 2.45) is 7.05 Å². The van der Waals surface area contributed by atoms with E-state index < -0.39 is 0 Å². The van der Waals surface area contributed by atoms with Gasteiger partial charge in [0.05, 0.1) is 13.7 Å². The zero-order chi connectivity index (χ0) is 18.0. The summed E-state index contributed by atoms with van der Waals surface area (Å²) in [4.78, 5) is 13.1. The molecule has 134 valence electrons. The lowest BCUT2D eigenvalue weighted by Crippen LogP contribution is -3.14. The van der Waals surface area contributed by atoms with Crippen molar-refractivity contribution >= 4 is 41.6 Å². The Morgan fingerprint density at radius 2 is 2.20 bits per heavy atom. The van der Waals surface area contributed by atoms with E-state index >= 15 is 0 Å². The number of ether oxygens (including phenoxy) is 1. The van der Waals surface area contributed by atoms with Crippen LogP contribution in [0.1, 0.15) is 0 Å². The maximum Gasteiger partial charge on any atom is 0.324 e. The first-order valence-corrected chi connectivity index (χ1v) is 9.76. The van der Waals surface area contributed by atoms with E-state index in [9.17, 15) is 4.79 Å². The molecule has 25 heavy (non-hydrogen) atoms. The third-order valence-electron chi connectivity index (χ3n) is 4.23. The first-order valence-electron chi connectivity index (χ1n) is 7.92. The van der Waals surface area contributed by atoms with Crippen LogP contribution in [-0.4, -0.2) is 51.5 Å². The van der Waals surface area contributed by atoms with E-state index in [1.807, 2.05) is 40.6 Å². The van der Waals surface area contributed by atoms with Crippen LogP contribution in [0.3, 0.4) is 0 Å². The normalized spacial score (nSPS) is 20.4. The number of hydrogen-bond acceptors (Lipinski definition) is 5. The number of rotatable bonds is 4. The van der Waals surface area contributed by atoms with Crippen LogP contribution >= 0.6 is 35.6 Å². The number of esters is 1. The summed E-state index contributed by atoms with van der Waals surface area (Å²) in [6.45, 7) is 2.31. The van der Waals surface area contributed by atoms with Gasteiger partial charge in [0.15, 0.2) is 17.7 Å². The molecule has 1 fully saturated rings. The highest BCUT2D eigenvalue weighted by Gasteiger charge is 2.30. The Balaban J connectivity index is 1.79. The number of nitrogens with zero attached hydrogens (tertiary/aromatic N) is 3. The molecule has 0 amide bonds. The fraction of sp³-hybridized carbons (Fsp3) is 0.438. The molecule has 1 unspecified atom stereocenters. The molecule has 1 N–H and O–H groups in total. The van der Waals surface area contributed by atoms with E-state index in [0.717, 1.165) is 23.7 Å². The molecule has 2 aromatic rings. The Kier molecular flexibility index (Phi) is 5.83. The van der Waals surface area contributed by atoms with E-state index in [1.54, 1.807) is 11.8 Å². The monoisotopic (exact) mass is 399 g/mol. The number of carbonyl (C=O) groups is 1. The first kappa shape index (κ1) is 18.4. The molecule has 0 spiro atoms. The fourth-order valence-electron chi connectivity index (χ4n) is 2.85. The van der Waals surface area contributed by atoms with Crippen molar-refractivity contribution in [3.63, 3.8) is 0 Å². The van der Waals surface area contributed by atoms with Crippen molar-refractivity contribution in [3.05, 3.63) is 34.1 Å². The molecule has 6 nitrogen and oxygen atoms in total. The topological polar surface area (TPSA) is 53.5 Å². The van der Waals surface area contributed by atoms with Gasteiger partial charge in [-0.05, 0) is 36.5 Å². The van der Waals surface area contributed by atoms with Gasteiger partial charge in [-0.1, -0.05) is 11.6 Å². The molecule has 0 saturated carbocycles. The largest absolute Gasteiger partial charge is 0.468 e. The summed E-state index contributed by atoms with van der Waals surface area (Å²) in [5, 5.41) is 5.25. The number of quaternary nitrogens is 1. The standard InChI is InChI=1S/C16H19ClN4O2S2/c1-19-14(11-3-5-12(17)6-4-11)18-21(16(19)24)10-20-7-8-25-13(9-20)15(22)23-2/h3-6,13H,7-10H2,1-2H3/p+1/t13-/m0/s1. The van der Waals surface area contributed by atoms with Crippen LogP contribution in [0, 0.1) is 4.77 Å². The average molecular weight is 400 g/mol. The lowest BCUT2D eigenvalue weighted by molar-refractivity contribution is -0.921. The summed E-state index contributed by atoms with van der Waals surface area (Å²) in [7, 11) is 3.35. The smallest absolute Gasteiger partial charge is 0.324 e. The number of methoxy groups -OCH3 is 1. The Labute approximate surface area is 160 Å². The Morgan fingerprint density at radius 1 is 1.48 bits per heavy atom. The van der Waals surface area contributed by atoms with E-state index in [2.05, 4.69) is 5.10 Å². The summed E-state index contributed by atoms with van der Waals surface area (Å²) in [6, 6.07) is 7.54. The minimum Gasteiger partial charge on any atom is -0.468 e. The lowest BCUT2D eigenvalue weighted by atomic mass is 10.2. The van der Waals surface area contributed by atoms with E-state index in [4.69, 9.17) is 28.6 Å². The number of halogens is 1. The maximum atomic E-state index is 11.8. The van der Waals surface area contributed by atoms with Gasteiger partial charge in [-0.25, -0.2) is 0 Å². The zero-order valence-corrected chi connectivity index (χ0v) is 16.5. The number of benzene rings is 1. The maximum absolute atomic E-state index is 11.8. The van der Waals surface area contributed by atoms with Gasteiger partial charge in [-0.3, -0.25) is 4.79 Å². The van der Waals surface area contributed by atoms with E-state index in [1.165, 1.54) is 12.0 Å². The second kappa shape index (κ2) is 7.90. The third-order valence-corrected chi connectivity index (χ3v) is 6.17. The van der Waals surface area contributed by atoms with Crippen molar-refractivity contribution in [2.45, 2.75) is 11.9 Å². The van der Waals surface area contributed by atoms with Gasteiger partial charge in [0.2, 0.25) is 4.77 Å². The number of thioether (sulfide) groups is 1. The Bertz CT molecular complexity index is 819. The molecule has 0 radical (unpaired) electrons. The highest BCUT2D eigenvalue weighted by atomic mass is 35.5. The van der Waals surface area contributed by atoms with Crippen LogP contribution in [-0.2, 0) is 23.2 Å². The molecular weight excluding hydrogens is 380 g/mol. The fourth-order valence-corrected chi connectivity index (χ4v) is 4.44. The van der Waals surface area contributed by atoms with E-state index in [-0.39, 0.29) is 11.2 Å². The quantitative estimate of drug-likeness (QED) is 0.622. The molecule has 9 heteroatoms. The molecule has 1 aromatic carbocycles. The summed E-state index contributed by atoms with van der Waals surface area (Å²) >= 11 is 13.2. The molecular formula is C16H20ClN4O2S2+. The number of carbonyl (C=O) groups excluding carboxylic acids is 1. The van der Waals surface area contributed by atoms with Crippen LogP contribution in [0.2, 0.25) is 5.02 Å². The predicted octanol–water partition coefficient (Wildman–Crippen LogP) is 1.40. The highest BCUT2D eigenvalue weighted by Crippen LogP contribution is 2.20. The van der Waals surface area contributed by atoms with Crippen molar-refractivity contribution in [1.29, 1.82) is 0 Å². The van der Waals surface area contributed by atoms with Gasteiger partial charge in [-0.15, -0.1) is 16.9 Å². The average Bonchev–Trinajstić information content (AvgIpc) is 2.90. The Morgan fingerprint density at radius 3 is 2.88 bits per heavy atom. The highest BCUT2D eigenvalue weighted by molar-refractivity contribution is 8.00. The van der Waals surface area contributed by atoms with Gasteiger partial charge in [-0.2, -0.15) is 4.68 Å². The summed E-state index contributed by atoms with van der Waals surface area (Å²) in [6.07, 6.45) is 0. The van der Waals surface area contributed by atoms with Gasteiger partial charge in [0.1, 0.15) is 6.54 Å². The van der Waals surface area contributed by atoms with Gasteiger partial charge in [0, 0.05) is 23.4 Å². The van der Waals surface area contributed by atoms with Crippen LogP contribution < -0.4 is 4.90 Å². The number of hydrogen-bond donors (Lipinski definition) is 1. The third kappa shape index (κ3) is 4.08. The molecule has 0 bridgehead atoms. The number of nitrogens with one attached hydrogen (secondary N) is 1. The van der Waals surface area contributed by atoms with E-state index in [0.29, 0.717) is 23.0 Å². The molecule has 2 heterocycles. The predicted molar refractivity (Wildman–Crippen MR) is 101 cm³/mol. The Hall–Kier alpha value is -1.35. The molecule has 1 aliphatic heterocycles. The van der Waals surface area contributed by atoms with Gasteiger partial charge < -0.3 is 14.2 Å². The molecule has 1 aliphatic rings. The molecule has 1 saturated heterocycles. The SMILES string of the molecule is COC(=O)[C@@H]1C[NH+](Cn2nc(-c3ccc(Cl)cc3)n(C)c2=S)CCS1. The molecule has 1 aromatic heterocycles. The number of aromatic nitrogens is 3. The molecule has 3 rings (SSSR count). The van der Waals surface area contributed by atoms with Crippen molar-refractivity contribution in [1.82, 2.24) is 14.3 Å². The van der Waals surface area contributed by atoms with Gasteiger partial charge in [0.25, 0.3) is 0 Å². The zero-order valence-electron chi connectivity index (χ0n) is 14.1. The van der Waals surface area contributed by atoms with Crippen LogP contribution in [0.4, 0.5) is 0 Å². The second-order valence-corrected chi connectivity index (χ2v) is 8.03. The minimum atomic E-state index is -0.159. The summed E-state index contributed by atoms with van der Waals surface area (Å²) in [5.41, 5.74) is 0.966. The van der Waals surface area contributed by atoms with Crippen LogP contribution in [0.25, 0.3) is 11.4 Å². The molecule has 0 aliphatic carbocycles. The van der Waals surface area contributed by atoms with Gasteiger partial charge >= 0.3 is 5.97 Å². The second-order valence-electron chi connectivity index (χ2n) is 5.92. The van der Waals surface area contributed by atoms with Crippen molar-refractivity contribution in [3.8, 4) is 11.4 Å². The van der Waals surface area contributed by atoms with Crippen LogP contribution in [0.5, 0.6) is 0 Å². The molecule has 2 atom stereocenters. The minimum absolute atomic E-state index is 0.123. The first-order chi connectivity index (χ1) is 12.0. The van der Waals surface area contributed by atoms with Crippen LogP contribution in [0.15, 0.2) is 24.3 Å². The van der Waals surface area contributed by atoms with Crippen molar-refractivity contribution < 1.29 is 14.4 Å². The lowest BCUT2D eigenvalue weighted by Gasteiger charge is -2.27. The van der Waals surface area contributed by atoms with Crippen molar-refractivity contribution in [2.75, 3.05) is 26.0 Å².